The van der Waals surface area contributed by atoms with Crippen LogP contribution in [0.1, 0.15) is 30.5 Å². The van der Waals surface area contributed by atoms with Gasteiger partial charge in [0.1, 0.15) is 5.58 Å². The average Bonchev–Trinajstić information content (AvgIpc) is 3.63. The minimum absolute atomic E-state index is 0.211. The van der Waals surface area contributed by atoms with Crippen LogP contribution < -0.4 is 14.5 Å². The van der Waals surface area contributed by atoms with Crippen molar-refractivity contribution in [2.75, 3.05) is 9.80 Å². The SMILES string of the molecule is Cc1cccc2c1N1c3cc(-c4ccc(N(c5ccc(-c6ccccc6)cc5)c5cccc6c5oc5ccccc56)cc4)ccc3C(C)(C)c3cccc(c31)O2. The van der Waals surface area contributed by atoms with Crippen molar-refractivity contribution in [3.05, 3.63) is 193 Å². The maximum absolute atomic E-state index is 6.60. The van der Waals surface area contributed by atoms with E-state index in [1.165, 1.54) is 33.5 Å². The molecule has 2 aliphatic rings. The van der Waals surface area contributed by atoms with Crippen molar-refractivity contribution in [1.82, 2.24) is 0 Å². The van der Waals surface area contributed by atoms with E-state index in [9.17, 15) is 0 Å². The summed E-state index contributed by atoms with van der Waals surface area (Å²) in [6.07, 6.45) is 0. The van der Waals surface area contributed by atoms with Crippen LogP contribution in [-0.4, -0.2) is 0 Å². The standard InChI is InChI=1S/C52H38N2O2/c1-33-12-9-20-47-49(33)54-45-32-37(26-31-42(45)52(2,3)43-17-11-21-48(55-47)50(43)54)36-24-29-39(30-25-36)53(38-27-22-35(23-28-38)34-13-5-4-6-14-34)44-18-10-16-41-40-15-7-8-19-46(40)56-51(41)44/h4-32H,1-3H3. The molecule has 0 N–H and O–H groups in total. The Balaban J connectivity index is 1.04. The zero-order chi connectivity index (χ0) is 37.5. The van der Waals surface area contributed by atoms with Gasteiger partial charge in [-0.05, 0) is 100 Å². The highest BCUT2D eigenvalue weighted by Crippen LogP contribution is 2.60. The Labute approximate surface area is 326 Å². The number of anilines is 6. The van der Waals surface area contributed by atoms with Gasteiger partial charge in [-0.3, -0.25) is 0 Å². The Morgan fingerprint density at radius 1 is 0.500 bits per heavy atom. The predicted octanol–water partition coefficient (Wildman–Crippen LogP) is 14.9. The van der Waals surface area contributed by atoms with Crippen LogP contribution in [-0.2, 0) is 5.41 Å². The van der Waals surface area contributed by atoms with E-state index < -0.39 is 0 Å². The quantitative estimate of drug-likeness (QED) is 0.177. The van der Waals surface area contributed by atoms with Crippen molar-refractivity contribution >= 4 is 56.1 Å². The molecule has 2 aliphatic heterocycles. The largest absolute Gasteiger partial charge is 0.454 e. The molecule has 3 heterocycles. The molecule has 9 aromatic rings. The number of hydrogen-bond donors (Lipinski definition) is 0. The Hall–Kier alpha value is -7.04. The first-order valence-electron chi connectivity index (χ1n) is 19.3. The molecule has 0 saturated carbocycles. The number of nitrogens with zero attached hydrogens (tertiary/aromatic N) is 2. The predicted molar refractivity (Wildman–Crippen MR) is 231 cm³/mol. The van der Waals surface area contributed by atoms with Crippen molar-refractivity contribution in [1.29, 1.82) is 0 Å². The van der Waals surface area contributed by atoms with E-state index in [2.05, 4.69) is 194 Å². The Morgan fingerprint density at radius 2 is 1.11 bits per heavy atom. The molecular formula is C52H38N2O2. The van der Waals surface area contributed by atoms with Gasteiger partial charge in [-0.25, -0.2) is 0 Å². The molecule has 0 atom stereocenters. The molecule has 0 spiro atoms. The lowest BCUT2D eigenvalue weighted by atomic mass is 9.72. The molecule has 0 aliphatic carbocycles. The van der Waals surface area contributed by atoms with Gasteiger partial charge in [0, 0.05) is 27.6 Å². The van der Waals surface area contributed by atoms with E-state index in [1.54, 1.807) is 0 Å². The van der Waals surface area contributed by atoms with E-state index in [0.29, 0.717) is 0 Å². The van der Waals surface area contributed by atoms with Gasteiger partial charge in [0.15, 0.2) is 17.1 Å². The van der Waals surface area contributed by atoms with Crippen LogP contribution in [0.4, 0.5) is 34.1 Å². The third kappa shape index (κ3) is 4.85. The normalized spacial score (nSPS) is 13.5. The zero-order valence-corrected chi connectivity index (χ0v) is 31.5. The van der Waals surface area contributed by atoms with Crippen molar-refractivity contribution in [3.8, 4) is 33.8 Å². The summed E-state index contributed by atoms with van der Waals surface area (Å²) < 4.78 is 13.2. The first-order chi connectivity index (χ1) is 27.4. The molecule has 0 unspecified atom stereocenters. The van der Waals surface area contributed by atoms with Crippen LogP contribution in [0.2, 0.25) is 0 Å². The second-order valence-corrected chi connectivity index (χ2v) is 15.4. The molecule has 56 heavy (non-hydrogen) atoms. The van der Waals surface area contributed by atoms with Crippen LogP contribution in [0, 0.1) is 6.92 Å². The number of hydrogen-bond acceptors (Lipinski definition) is 4. The van der Waals surface area contributed by atoms with E-state index in [4.69, 9.17) is 9.15 Å². The van der Waals surface area contributed by atoms with E-state index >= 15 is 0 Å². The molecule has 0 fully saturated rings. The maximum Gasteiger partial charge on any atom is 0.159 e. The van der Waals surface area contributed by atoms with Crippen LogP contribution in [0.15, 0.2) is 180 Å². The summed E-state index contributed by atoms with van der Waals surface area (Å²) in [7, 11) is 0. The summed E-state index contributed by atoms with van der Waals surface area (Å²) in [5, 5.41) is 2.21. The summed E-state index contributed by atoms with van der Waals surface area (Å²) in [5.74, 6) is 1.77. The lowest BCUT2D eigenvalue weighted by Gasteiger charge is -2.45. The van der Waals surface area contributed by atoms with Crippen molar-refractivity contribution < 1.29 is 9.15 Å². The van der Waals surface area contributed by atoms with E-state index in [-0.39, 0.29) is 5.41 Å². The highest BCUT2D eigenvalue weighted by Gasteiger charge is 2.42. The van der Waals surface area contributed by atoms with Crippen LogP contribution in [0.25, 0.3) is 44.2 Å². The lowest BCUT2D eigenvalue weighted by molar-refractivity contribution is 0.471. The smallest absolute Gasteiger partial charge is 0.159 e. The summed E-state index contributed by atoms with van der Waals surface area (Å²) in [5.41, 5.74) is 16.5. The van der Waals surface area contributed by atoms with Crippen molar-refractivity contribution in [3.63, 3.8) is 0 Å². The van der Waals surface area contributed by atoms with Gasteiger partial charge in [-0.1, -0.05) is 135 Å². The molecule has 4 nitrogen and oxygen atoms in total. The summed E-state index contributed by atoms with van der Waals surface area (Å²) >= 11 is 0. The van der Waals surface area contributed by atoms with E-state index in [0.717, 1.165) is 73.0 Å². The molecule has 8 aromatic carbocycles. The van der Waals surface area contributed by atoms with Gasteiger partial charge in [-0.15, -0.1) is 0 Å². The number of ether oxygens (including phenoxy) is 1. The van der Waals surface area contributed by atoms with Gasteiger partial charge >= 0.3 is 0 Å². The molecule has 11 rings (SSSR count). The number of furan rings is 1. The number of rotatable bonds is 5. The summed E-state index contributed by atoms with van der Waals surface area (Å²) in [6, 6.07) is 62.7. The van der Waals surface area contributed by atoms with E-state index in [1.807, 2.05) is 12.1 Å². The Bertz CT molecular complexity index is 2980. The van der Waals surface area contributed by atoms with Crippen LogP contribution in [0.5, 0.6) is 11.5 Å². The number of para-hydroxylation sites is 4. The fourth-order valence-corrected chi connectivity index (χ4v) is 8.95. The lowest BCUT2D eigenvalue weighted by Crippen LogP contribution is -2.32. The minimum Gasteiger partial charge on any atom is -0.454 e. The molecule has 4 heteroatoms. The number of aryl methyl sites for hydroxylation is 1. The molecule has 268 valence electrons. The first-order valence-corrected chi connectivity index (χ1v) is 19.3. The van der Waals surface area contributed by atoms with Gasteiger partial charge in [0.2, 0.25) is 0 Å². The summed E-state index contributed by atoms with van der Waals surface area (Å²) in [6.45, 7) is 6.82. The monoisotopic (exact) mass is 722 g/mol. The zero-order valence-electron chi connectivity index (χ0n) is 31.5. The summed E-state index contributed by atoms with van der Waals surface area (Å²) in [4.78, 5) is 4.75. The van der Waals surface area contributed by atoms with Gasteiger partial charge in [0.25, 0.3) is 0 Å². The molecule has 0 amide bonds. The first kappa shape index (κ1) is 32.4. The highest BCUT2D eigenvalue weighted by atomic mass is 16.5. The molecular weight excluding hydrogens is 685 g/mol. The topological polar surface area (TPSA) is 28.9 Å². The van der Waals surface area contributed by atoms with Gasteiger partial charge < -0.3 is 19.0 Å². The van der Waals surface area contributed by atoms with Gasteiger partial charge in [0.05, 0.1) is 22.7 Å². The third-order valence-corrected chi connectivity index (χ3v) is 11.8. The number of fused-ring (bicyclic) bond motifs is 7. The number of benzene rings is 8. The second kappa shape index (κ2) is 12.2. The maximum atomic E-state index is 6.60. The van der Waals surface area contributed by atoms with Crippen molar-refractivity contribution in [2.45, 2.75) is 26.2 Å². The minimum atomic E-state index is -0.211. The second-order valence-electron chi connectivity index (χ2n) is 15.4. The Kier molecular flexibility index (Phi) is 7.08. The van der Waals surface area contributed by atoms with Gasteiger partial charge in [-0.2, -0.15) is 0 Å². The Morgan fingerprint density at radius 3 is 1.88 bits per heavy atom. The molecule has 1 aromatic heterocycles. The fraction of sp³-hybridized carbons (Fsp3) is 0.0769. The molecule has 0 radical (unpaired) electrons. The van der Waals surface area contributed by atoms with Crippen LogP contribution >= 0.6 is 0 Å². The third-order valence-electron chi connectivity index (χ3n) is 11.8. The molecule has 0 bridgehead atoms. The highest BCUT2D eigenvalue weighted by molar-refractivity contribution is 6.10. The van der Waals surface area contributed by atoms with Crippen LogP contribution in [0.3, 0.4) is 0 Å². The average molecular weight is 723 g/mol. The fourth-order valence-electron chi connectivity index (χ4n) is 8.95. The van der Waals surface area contributed by atoms with Crippen molar-refractivity contribution in [2.24, 2.45) is 0 Å². The molecule has 0 saturated heterocycles.